The average Bonchev–Trinajstić information content (AvgIpc) is 3.51. The van der Waals surface area contributed by atoms with Gasteiger partial charge in [0.15, 0.2) is 0 Å². The first-order valence-electron chi connectivity index (χ1n) is 12.3. The molecule has 7 nitrogen and oxygen atoms in total. The smallest absolute Gasteiger partial charge is 0.236 e. The third-order valence-corrected chi connectivity index (χ3v) is 7.17. The summed E-state index contributed by atoms with van der Waals surface area (Å²) in [5, 5.41) is 0.298. The third kappa shape index (κ3) is 5.19. The highest BCUT2D eigenvalue weighted by atomic mass is 35.5. The van der Waals surface area contributed by atoms with Gasteiger partial charge in [0, 0.05) is 19.2 Å². The normalized spacial score (nSPS) is 15.5. The summed E-state index contributed by atoms with van der Waals surface area (Å²) in [5.74, 6) is 0.418. The molecule has 0 atom stereocenters. The van der Waals surface area contributed by atoms with Crippen molar-refractivity contribution in [1.82, 2.24) is 9.88 Å². The summed E-state index contributed by atoms with van der Waals surface area (Å²) in [5.41, 5.74) is 12.0. The van der Waals surface area contributed by atoms with Crippen LogP contribution in [0.5, 0.6) is 5.88 Å². The average molecular weight is 507 g/mol. The zero-order valence-corrected chi connectivity index (χ0v) is 21.3. The van der Waals surface area contributed by atoms with Crippen LogP contribution in [0.4, 0.5) is 11.5 Å². The van der Waals surface area contributed by atoms with Gasteiger partial charge in [-0.2, -0.15) is 4.98 Å². The summed E-state index contributed by atoms with van der Waals surface area (Å²) in [6.45, 7) is 4.49. The van der Waals surface area contributed by atoms with Crippen LogP contribution in [0.3, 0.4) is 0 Å². The SMILES string of the molecule is COCCOc1nc(N)c2c(c1Cl)N(Cc1ccc(-c3ccc(CN4CCCC4)cc3)cc1)C(=O)C2. The zero-order valence-electron chi connectivity index (χ0n) is 20.5. The van der Waals surface area contributed by atoms with Crippen molar-refractivity contribution in [3.8, 4) is 17.0 Å². The Bertz CT molecular complexity index is 1230. The maximum Gasteiger partial charge on any atom is 0.236 e. The van der Waals surface area contributed by atoms with Crippen molar-refractivity contribution in [2.75, 3.05) is 44.0 Å². The minimum atomic E-state index is -0.0629. The van der Waals surface area contributed by atoms with Crippen molar-refractivity contribution in [3.63, 3.8) is 0 Å². The van der Waals surface area contributed by atoms with Gasteiger partial charge in [-0.15, -0.1) is 0 Å². The number of nitrogens with two attached hydrogens (primary N) is 1. The van der Waals surface area contributed by atoms with Gasteiger partial charge in [-0.1, -0.05) is 60.1 Å². The fraction of sp³-hybridized carbons (Fsp3) is 0.357. The molecule has 3 aromatic rings. The molecule has 0 bridgehead atoms. The number of aromatic nitrogens is 1. The van der Waals surface area contributed by atoms with Gasteiger partial charge < -0.3 is 20.1 Å². The number of fused-ring (bicyclic) bond motifs is 1. The molecule has 1 aromatic heterocycles. The van der Waals surface area contributed by atoms with Crippen LogP contribution in [0.1, 0.15) is 29.5 Å². The van der Waals surface area contributed by atoms with Gasteiger partial charge in [0.2, 0.25) is 11.8 Å². The van der Waals surface area contributed by atoms with Gasteiger partial charge in [-0.3, -0.25) is 9.69 Å². The highest BCUT2D eigenvalue weighted by Crippen LogP contribution is 2.43. The fourth-order valence-electron chi connectivity index (χ4n) is 4.88. The lowest BCUT2D eigenvalue weighted by Crippen LogP contribution is -2.26. The van der Waals surface area contributed by atoms with Crippen molar-refractivity contribution < 1.29 is 14.3 Å². The van der Waals surface area contributed by atoms with Crippen molar-refractivity contribution in [2.24, 2.45) is 0 Å². The molecule has 0 unspecified atom stereocenters. The van der Waals surface area contributed by atoms with Gasteiger partial charge in [-0.05, 0) is 48.2 Å². The summed E-state index contributed by atoms with van der Waals surface area (Å²) in [6, 6.07) is 17.1. The fourth-order valence-corrected chi connectivity index (χ4v) is 5.19. The molecule has 3 heterocycles. The second kappa shape index (κ2) is 10.9. The van der Waals surface area contributed by atoms with E-state index in [1.54, 1.807) is 12.0 Å². The summed E-state index contributed by atoms with van der Waals surface area (Å²) in [7, 11) is 1.59. The predicted molar refractivity (Wildman–Crippen MR) is 142 cm³/mol. The topological polar surface area (TPSA) is 80.9 Å². The highest BCUT2D eigenvalue weighted by Gasteiger charge is 2.34. The number of pyridine rings is 1. The third-order valence-electron chi connectivity index (χ3n) is 6.82. The molecular weight excluding hydrogens is 476 g/mol. The molecule has 1 fully saturated rings. The Hall–Kier alpha value is -3.13. The van der Waals surface area contributed by atoms with E-state index in [1.165, 1.54) is 37.1 Å². The molecule has 0 radical (unpaired) electrons. The lowest BCUT2D eigenvalue weighted by atomic mass is 10.0. The Labute approximate surface area is 216 Å². The van der Waals surface area contributed by atoms with Gasteiger partial charge in [0.05, 0.1) is 25.3 Å². The second-order valence-corrected chi connectivity index (χ2v) is 9.70. The molecule has 1 amide bonds. The van der Waals surface area contributed by atoms with Crippen LogP contribution in [-0.4, -0.2) is 49.2 Å². The minimum Gasteiger partial charge on any atom is -0.474 e. The first-order valence-corrected chi connectivity index (χ1v) is 12.7. The van der Waals surface area contributed by atoms with E-state index in [9.17, 15) is 4.79 Å². The van der Waals surface area contributed by atoms with E-state index >= 15 is 0 Å². The number of nitrogen functional groups attached to an aromatic ring is 1. The van der Waals surface area contributed by atoms with Crippen molar-refractivity contribution >= 4 is 29.0 Å². The number of ether oxygens (including phenoxy) is 2. The van der Waals surface area contributed by atoms with E-state index in [1.807, 2.05) is 12.1 Å². The molecule has 0 aliphatic carbocycles. The number of methoxy groups -OCH3 is 1. The Morgan fingerprint density at radius 2 is 1.56 bits per heavy atom. The lowest BCUT2D eigenvalue weighted by Gasteiger charge is -2.20. The zero-order chi connectivity index (χ0) is 25.1. The molecule has 188 valence electrons. The summed E-state index contributed by atoms with van der Waals surface area (Å²) in [6.07, 6.45) is 2.78. The Morgan fingerprint density at radius 1 is 0.944 bits per heavy atom. The predicted octanol–water partition coefficient (Wildman–Crippen LogP) is 4.69. The van der Waals surface area contributed by atoms with Crippen LogP contribution < -0.4 is 15.4 Å². The second-order valence-electron chi connectivity index (χ2n) is 9.32. The van der Waals surface area contributed by atoms with E-state index in [4.69, 9.17) is 26.8 Å². The summed E-state index contributed by atoms with van der Waals surface area (Å²) in [4.78, 5) is 21.3. The van der Waals surface area contributed by atoms with Crippen LogP contribution in [0.25, 0.3) is 11.1 Å². The van der Waals surface area contributed by atoms with Crippen LogP contribution in [-0.2, 0) is 29.0 Å². The molecule has 2 aliphatic rings. The number of nitrogens with zero attached hydrogens (tertiary/aromatic N) is 3. The number of likely N-dealkylation sites (tertiary alicyclic amines) is 1. The Morgan fingerprint density at radius 3 is 2.17 bits per heavy atom. The van der Waals surface area contributed by atoms with E-state index in [0.29, 0.717) is 29.4 Å². The summed E-state index contributed by atoms with van der Waals surface area (Å²) >= 11 is 6.62. The number of amides is 1. The Balaban J connectivity index is 1.30. The molecule has 1 saturated heterocycles. The van der Waals surface area contributed by atoms with Crippen molar-refractivity contribution in [1.29, 1.82) is 0 Å². The molecule has 0 spiro atoms. The summed E-state index contributed by atoms with van der Waals surface area (Å²) < 4.78 is 10.7. The largest absolute Gasteiger partial charge is 0.474 e. The number of anilines is 2. The monoisotopic (exact) mass is 506 g/mol. The van der Waals surface area contributed by atoms with E-state index < -0.39 is 0 Å². The highest BCUT2D eigenvalue weighted by molar-refractivity contribution is 6.36. The van der Waals surface area contributed by atoms with Crippen LogP contribution >= 0.6 is 11.6 Å². The van der Waals surface area contributed by atoms with Gasteiger partial charge in [0.1, 0.15) is 17.4 Å². The molecule has 8 heteroatoms. The van der Waals surface area contributed by atoms with E-state index in [-0.39, 0.29) is 30.6 Å². The van der Waals surface area contributed by atoms with Crippen molar-refractivity contribution in [3.05, 3.63) is 70.2 Å². The molecule has 5 rings (SSSR count). The molecule has 2 aliphatic heterocycles. The maximum atomic E-state index is 12.9. The quantitative estimate of drug-likeness (QED) is 0.424. The van der Waals surface area contributed by atoms with Gasteiger partial charge in [-0.25, -0.2) is 0 Å². The number of benzene rings is 2. The first kappa shape index (κ1) is 24.6. The number of rotatable bonds is 9. The minimum absolute atomic E-state index is 0.0629. The van der Waals surface area contributed by atoms with Gasteiger partial charge in [0.25, 0.3) is 0 Å². The number of halogens is 1. The van der Waals surface area contributed by atoms with E-state index in [0.717, 1.165) is 17.7 Å². The van der Waals surface area contributed by atoms with Gasteiger partial charge >= 0.3 is 0 Å². The number of carbonyl (C=O) groups excluding carboxylic acids is 1. The van der Waals surface area contributed by atoms with Crippen LogP contribution in [0.15, 0.2) is 48.5 Å². The maximum absolute atomic E-state index is 12.9. The number of carbonyl (C=O) groups is 1. The molecular formula is C28H31ClN4O3. The molecule has 2 aromatic carbocycles. The molecule has 2 N–H and O–H groups in total. The number of hydrogen-bond donors (Lipinski definition) is 1. The van der Waals surface area contributed by atoms with Crippen LogP contribution in [0, 0.1) is 0 Å². The Kier molecular flexibility index (Phi) is 7.41. The first-order chi connectivity index (χ1) is 17.5. The van der Waals surface area contributed by atoms with E-state index in [2.05, 4.69) is 46.3 Å². The standard InChI is InChI=1S/C28H31ClN4O3/c1-35-14-15-36-28-25(29)26-23(27(30)31-28)16-24(34)33(26)18-20-6-10-22(11-7-20)21-8-4-19(5-9-21)17-32-12-2-3-13-32/h4-11H,2-3,12-18H2,1H3,(H2,30,31). The van der Waals surface area contributed by atoms with Crippen LogP contribution in [0.2, 0.25) is 5.02 Å². The number of hydrogen-bond acceptors (Lipinski definition) is 6. The van der Waals surface area contributed by atoms with Crippen molar-refractivity contribution in [2.45, 2.75) is 32.4 Å². The lowest BCUT2D eigenvalue weighted by molar-refractivity contribution is -0.117. The molecule has 36 heavy (non-hydrogen) atoms. The molecule has 0 saturated carbocycles.